The van der Waals surface area contributed by atoms with Crippen molar-refractivity contribution in [3.63, 3.8) is 0 Å². The molecular formula is C19H14N2. The molecule has 0 aliphatic rings. The second kappa shape index (κ2) is 4.67. The standard InChI is InChI=1S/C19H14N2/c1-13-15-11-12-17(14-7-3-2-4-8-14)21-19(15)16-9-5-6-10-18(16)20-13/h2-12H,1H3. The summed E-state index contributed by atoms with van der Waals surface area (Å²) in [5.74, 6) is 0. The lowest BCUT2D eigenvalue weighted by molar-refractivity contribution is 1.27. The van der Waals surface area contributed by atoms with Crippen molar-refractivity contribution in [1.82, 2.24) is 9.97 Å². The molecule has 0 aliphatic carbocycles. The molecule has 21 heavy (non-hydrogen) atoms. The Labute approximate surface area is 123 Å². The van der Waals surface area contributed by atoms with Gasteiger partial charge in [0, 0.05) is 22.0 Å². The smallest absolute Gasteiger partial charge is 0.0821 e. The van der Waals surface area contributed by atoms with E-state index in [1.165, 1.54) is 0 Å². The van der Waals surface area contributed by atoms with E-state index in [1.54, 1.807) is 0 Å². The molecule has 0 atom stereocenters. The Balaban J connectivity index is 2.08. The predicted molar refractivity (Wildman–Crippen MR) is 87.2 cm³/mol. The van der Waals surface area contributed by atoms with Gasteiger partial charge in [0.2, 0.25) is 0 Å². The summed E-state index contributed by atoms with van der Waals surface area (Å²) in [5.41, 5.74) is 5.19. The van der Waals surface area contributed by atoms with E-state index < -0.39 is 0 Å². The maximum atomic E-state index is 4.89. The number of rotatable bonds is 1. The molecule has 2 heterocycles. The van der Waals surface area contributed by atoms with Crippen molar-refractivity contribution in [3.8, 4) is 11.3 Å². The van der Waals surface area contributed by atoms with Crippen LogP contribution in [0.4, 0.5) is 0 Å². The Morgan fingerprint density at radius 3 is 2.29 bits per heavy atom. The summed E-state index contributed by atoms with van der Waals surface area (Å²) >= 11 is 0. The van der Waals surface area contributed by atoms with Gasteiger partial charge in [-0.2, -0.15) is 0 Å². The number of para-hydroxylation sites is 1. The van der Waals surface area contributed by atoms with Crippen molar-refractivity contribution in [2.75, 3.05) is 0 Å². The minimum atomic E-state index is 0.999. The first-order valence-electron chi connectivity index (χ1n) is 7.04. The number of hydrogen-bond acceptors (Lipinski definition) is 2. The van der Waals surface area contributed by atoms with Crippen LogP contribution in [0.25, 0.3) is 33.1 Å². The summed E-state index contributed by atoms with van der Waals surface area (Å²) in [6, 6.07) is 22.7. The fourth-order valence-corrected chi connectivity index (χ4v) is 2.74. The van der Waals surface area contributed by atoms with Gasteiger partial charge in [-0.1, -0.05) is 48.5 Å². The van der Waals surface area contributed by atoms with Crippen LogP contribution in [0, 0.1) is 6.92 Å². The lowest BCUT2D eigenvalue weighted by atomic mass is 10.1. The Bertz CT molecular complexity index is 943. The van der Waals surface area contributed by atoms with E-state index in [-0.39, 0.29) is 0 Å². The molecule has 0 saturated heterocycles. The zero-order valence-electron chi connectivity index (χ0n) is 11.7. The zero-order chi connectivity index (χ0) is 14.2. The van der Waals surface area contributed by atoms with Gasteiger partial charge in [-0.05, 0) is 25.1 Å². The molecule has 2 aromatic heterocycles. The molecule has 2 nitrogen and oxygen atoms in total. The molecule has 0 spiro atoms. The monoisotopic (exact) mass is 270 g/mol. The molecule has 0 fully saturated rings. The molecule has 0 amide bonds. The molecule has 0 aliphatic heterocycles. The van der Waals surface area contributed by atoms with Crippen molar-refractivity contribution in [1.29, 1.82) is 0 Å². The zero-order valence-corrected chi connectivity index (χ0v) is 11.7. The van der Waals surface area contributed by atoms with Crippen LogP contribution in [0.5, 0.6) is 0 Å². The normalized spacial score (nSPS) is 11.1. The first-order chi connectivity index (χ1) is 10.3. The summed E-state index contributed by atoms with van der Waals surface area (Å²) in [5, 5.41) is 2.23. The summed E-state index contributed by atoms with van der Waals surface area (Å²) in [4.78, 5) is 9.56. The Morgan fingerprint density at radius 2 is 1.43 bits per heavy atom. The van der Waals surface area contributed by atoms with Crippen LogP contribution < -0.4 is 0 Å². The number of fused-ring (bicyclic) bond motifs is 3. The number of hydrogen-bond donors (Lipinski definition) is 0. The van der Waals surface area contributed by atoms with Crippen LogP contribution in [-0.4, -0.2) is 9.97 Å². The maximum Gasteiger partial charge on any atom is 0.0821 e. The highest BCUT2D eigenvalue weighted by atomic mass is 14.8. The SMILES string of the molecule is Cc1nc2ccccc2c2nc(-c3ccccc3)ccc12. The Kier molecular flexibility index (Phi) is 2.68. The molecule has 0 bridgehead atoms. The van der Waals surface area contributed by atoms with E-state index in [1.807, 2.05) is 43.3 Å². The van der Waals surface area contributed by atoms with Gasteiger partial charge in [0.15, 0.2) is 0 Å². The van der Waals surface area contributed by atoms with Gasteiger partial charge in [0.1, 0.15) is 0 Å². The van der Waals surface area contributed by atoms with Crippen molar-refractivity contribution < 1.29 is 0 Å². The Hall–Kier alpha value is -2.74. The van der Waals surface area contributed by atoms with Gasteiger partial charge >= 0.3 is 0 Å². The Morgan fingerprint density at radius 1 is 0.667 bits per heavy atom. The lowest BCUT2D eigenvalue weighted by Gasteiger charge is -2.08. The second-order valence-corrected chi connectivity index (χ2v) is 5.17. The van der Waals surface area contributed by atoms with Crippen molar-refractivity contribution in [2.45, 2.75) is 6.92 Å². The number of nitrogens with zero attached hydrogens (tertiary/aromatic N) is 2. The molecule has 4 aromatic rings. The molecule has 100 valence electrons. The molecule has 4 rings (SSSR count). The van der Waals surface area contributed by atoms with Crippen molar-refractivity contribution in [2.24, 2.45) is 0 Å². The third-order valence-corrected chi connectivity index (χ3v) is 3.80. The summed E-state index contributed by atoms with van der Waals surface area (Å²) in [6.45, 7) is 2.04. The molecular weight excluding hydrogens is 256 g/mol. The van der Waals surface area contributed by atoms with Gasteiger partial charge in [-0.15, -0.1) is 0 Å². The van der Waals surface area contributed by atoms with E-state index >= 15 is 0 Å². The second-order valence-electron chi connectivity index (χ2n) is 5.17. The highest BCUT2D eigenvalue weighted by molar-refractivity contribution is 6.04. The molecule has 2 heteroatoms. The third-order valence-electron chi connectivity index (χ3n) is 3.80. The minimum Gasteiger partial charge on any atom is -0.252 e. The van der Waals surface area contributed by atoms with Gasteiger partial charge in [0.05, 0.1) is 16.7 Å². The highest BCUT2D eigenvalue weighted by Gasteiger charge is 2.08. The lowest BCUT2D eigenvalue weighted by Crippen LogP contribution is -1.92. The van der Waals surface area contributed by atoms with E-state index in [4.69, 9.17) is 4.98 Å². The van der Waals surface area contributed by atoms with E-state index in [0.717, 1.165) is 38.8 Å². The van der Waals surface area contributed by atoms with Crippen LogP contribution >= 0.6 is 0 Å². The van der Waals surface area contributed by atoms with Gasteiger partial charge in [-0.3, -0.25) is 4.98 Å². The number of aromatic nitrogens is 2. The molecule has 0 unspecified atom stereocenters. The minimum absolute atomic E-state index is 0.999. The molecule has 2 aromatic carbocycles. The third kappa shape index (κ3) is 1.96. The van der Waals surface area contributed by atoms with E-state index in [9.17, 15) is 0 Å². The van der Waals surface area contributed by atoms with Gasteiger partial charge in [-0.25, -0.2) is 4.98 Å². The molecule has 0 N–H and O–H groups in total. The quantitative estimate of drug-likeness (QED) is 0.466. The summed E-state index contributed by atoms with van der Waals surface area (Å²) < 4.78 is 0. The number of pyridine rings is 2. The number of aryl methyl sites for hydroxylation is 1. The van der Waals surface area contributed by atoms with Crippen LogP contribution in [0.15, 0.2) is 66.7 Å². The fraction of sp³-hybridized carbons (Fsp3) is 0.0526. The van der Waals surface area contributed by atoms with Gasteiger partial charge in [0.25, 0.3) is 0 Å². The summed E-state index contributed by atoms with van der Waals surface area (Å²) in [7, 11) is 0. The van der Waals surface area contributed by atoms with Crippen molar-refractivity contribution in [3.05, 3.63) is 72.4 Å². The van der Waals surface area contributed by atoms with E-state index in [2.05, 4.69) is 35.3 Å². The average molecular weight is 270 g/mol. The predicted octanol–water partition coefficient (Wildman–Crippen LogP) is 4.76. The largest absolute Gasteiger partial charge is 0.252 e. The average Bonchev–Trinajstić information content (AvgIpc) is 2.55. The van der Waals surface area contributed by atoms with Crippen LogP contribution in [0.3, 0.4) is 0 Å². The highest BCUT2D eigenvalue weighted by Crippen LogP contribution is 2.27. The maximum absolute atomic E-state index is 4.89. The number of benzene rings is 2. The topological polar surface area (TPSA) is 25.8 Å². The van der Waals surface area contributed by atoms with Crippen LogP contribution in [-0.2, 0) is 0 Å². The van der Waals surface area contributed by atoms with Crippen LogP contribution in [0.1, 0.15) is 5.69 Å². The molecule has 0 radical (unpaired) electrons. The molecule has 0 saturated carbocycles. The van der Waals surface area contributed by atoms with Gasteiger partial charge < -0.3 is 0 Å². The first-order valence-corrected chi connectivity index (χ1v) is 7.04. The summed E-state index contributed by atoms with van der Waals surface area (Å²) in [6.07, 6.45) is 0. The van der Waals surface area contributed by atoms with Crippen LogP contribution in [0.2, 0.25) is 0 Å². The first kappa shape index (κ1) is 12.0. The fourth-order valence-electron chi connectivity index (χ4n) is 2.74. The van der Waals surface area contributed by atoms with E-state index in [0.29, 0.717) is 0 Å². The van der Waals surface area contributed by atoms with Crippen molar-refractivity contribution >= 4 is 21.8 Å².